The lowest BCUT2D eigenvalue weighted by molar-refractivity contribution is -0.117. The van der Waals surface area contributed by atoms with Gasteiger partial charge in [-0.2, -0.15) is 5.10 Å². The monoisotopic (exact) mass is 374 g/mol. The smallest absolute Gasteiger partial charge is 0.239 e. The van der Waals surface area contributed by atoms with E-state index in [9.17, 15) is 4.79 Å². The Bertz CT molecular complexity index is 737. The maximum absolute atomic E-state index is 12.5. The molecular formula is C20H27ClN4O. The van der Waals surface area contributed by atoms with Gasteiger partial charge in [-0.1, -0.05) is 36.7 Å². The van der Waals surface area contributed by atoms with Crippen LogP contribution in [0.1, 0.15) is 38.2 Å². The number of rotatable bonds is 6. The highest BCUT2D eigenvalue weighted by Crippen LogP contribution is 2.26. The SMILES string of the molecule is CC1CCC(N(C)CC(=O)Nc2ccnn2Cc2ccccc2Cl)CC1. The number of hydrogen-bond donors (Lipinski definition) is 1. The molecular weight excluding hydrogens is 348 g/mol. The Morgan fingerprint density at radius 3 is 2.73 bits per heavy atom. The number of halogens is 1. The highest BCUT2D eigenvalue weighted by atomic mass is 35.5. The van der Waals surface area contributed by atoms with Gasteiger partial charge in [0.05, 0.1) is 19.3 Å². The van der Waals surface area contributed by atoms with Crippen LogP contribution in [0.5, 0.6) is 0 Å². The van der Waals surface area contributed by atoms with Gasteiger partial charge in [0.1, 0.15) is 5.82 Å². The van der Waals surface area contributed by atoms with Crippen molar-refractivity contribution in [3.8, 4) is 0 Å². The van der Waals surface area contributed by atoms with E-state index in [1.165, 1.54) is 25.7 Å². The molecule has 0 saturated heterocycles. The number of nitrogens with one attached hydrogen (secondary N) is 1. The molecule has 0 bridgehead atoms. The van der Waals surface area contributed by atoms with E-state index < -0.39 is 0 Å². The van der Waals surface area contributed by atoms with Gasteiger partial charge < -0.3 is 5.32 Å². The summed E-state index contributed by atoms with van der Waals surface area (Å²) in [6.07, 6.45) is 6.55. The first-order chi connectivity index (χ1) is 12.5. The van der Waals surface area contributed by atoms with Crippen molar-refractivity contribution >= 4 is 23.3 Å². The molecule has 1 fully saturated rings. The number of benzene rings is 1. The standard InChI is InChI=1S/C20H27ClN4O/c1-15-7-9-17(10-8-15)24(2)14-20(26)23-19-11-12-22-25(19)13-16-5-3-4-6-18(16)21/h3-6,11-12,15,17H,7-10,13-14H2,1-2H3,(H,23,26). The molecule has 3 rings (SSSR count). The van der Waals surface area contributed by atoms with Crippen molar-refractivity contribution in [3.63, 3.8) is 0 Å². The molecule has 2 aromatic rings. The minimum absolute atomic E-state index is 0.00738. The molecule has 0 radical (unpaired) electrons. The number of anilines is 1. The van der Waals surface area contributed by atoms with Crippen molar-refractivity contribution in [3.05, 3.63) is 47.1 Å². The first-order valence-electron chi connectivity index (χ1n) is 9.28. The minimum Gasteiger partial charge on any atom is -0.310 e. The predicted octanol–water partition coefficient (Wildman–Crippen LogP) is 4.03. The zero-order valence-electron chi connectivity index (χ0n) is 15.5. The summed E-state index contributed by atoms with van der Waals surface area (Å²) in [7, 11) is 2.04. The van der Waals surface area contributed by atoms with Crippen LogP contribution in [0, 0.1) is 5.92 Å². The van der Waals surface area contributed by atoms with E-state index in [4.69, 9.17) is 11.6 Å². The van der Waals surface area contributed by atoms with E-state index in [1.807, 2.05) is 37.4 Å². The van der Waals surface area contributed by atoms with Crippen molar-refractivity contribution < 1.29 is 4.79 Å². The highest BCUT2D eigenvalue weighted by Gasteiger charge is 2.23. The third-order valence-corrected chi connectivity index (χ3v) is 5.63. The molecule has 1 aromatic heterocycles. The van der Waals surface area contributed by atoms with Crippen molar-refractivity contribution in [1.82, 2.24) is 14.7 Å². The minimum atomic E-state index is -0.00738. The highest BCUT2D eigenvalue weighted by molar-refractivity contribution is 6.31. The summed E-state index contributed by atoms with van der Waals surface area (Å²) < 4.78 is 1.77. The third-order valence-electron chi connectivity index (χ3n) is 5.26. The molecule has 1 N–H and O–H groups in total. The summed E-state index contributed by atoms with van der Waals surface area (Å²) in [5.41, 5.74) is 0.974. The van der Waals surface area contributed by atoms with Gasteiger partial charge in [0.2, 0.25) is 5.91 Å². The van der Waals surface area contributed by atoms with Crippen LogP contribution in [0.2, 0.25) is 5.02 Å². The molecule has 0 aliphatic heterocycles. The number of aromatic nitrogens is 2. The van der Waals surface area contributed by atoms with E-state index in [0.717, 1.165) is 11.5 Å². The van der Waals surface area contributed by atoms with Gasteiger partial charge in [0.25, 0.3) is 0 Å². The van der Waals surface area contributed by atoms with Gasteiger partial charge in [-0.25, -0.2) is 4.68 Å². The largest absolute Gasteiger partial charge is 0.310 e. The fourth-order valence-electron chi connectivity index (χ4n) is 3.57. The van der Waals surface area contributed by atoms with Gasteiger partial charge in [-0.15, -0.1) is 0 Å². The van der Waals surface area contributed by atoms with Crippen LogP contribution in [0.3, 0.4) is 0 Å². The number of nitrogens with zero attached hydrogens (tertiary/aromatic N) is 3. The predicted molar refractivity (Wildman–Crippen MR) is 105 cm³/mol. The third kappa shape index (κ3) is 4.86. The van der Waals surface area contributed by atoms with Gasteiger partial charge in [0.15, 0.2) is 0 Å². The lowest BCUT2D eigenvalue weighted by Crippen LogP contribution is -2.40. The van der Waals surface area contributed by atoms with Crippen molar-refractivity contribution in [2.24, 2.45) is 5.92 Å². The summed E-state index contributed by atoms with van der Waals surface area (Å²) in [5.74, 6) is 1.50. The van der Waals surface area contributed by atoms with Crippen LogP contribution in [0.4, 0.5) is 5.82 Å². The Hall–Kier alpha value is -1.85. The Balaban J connectivity index is 1.57. The number of carbonyl (C=O) groups excluding carboxylic acids is 1. The Kier molecular flexibility index (Phi) is 6.33. The van der Waals surface area contributed by atoms with Crippen LogP contribution in [0.15, 0.2) is 36.5 Å². The maximum Gasteiger partial charge on any atom is 0.239 e. The molecule has 140 valence electrons. The van der Waals surface area contributed by atoms with Gasteiger partial charge in [-0.3, -0.25) is 9.69 Å². The van der Waals surface area contributed by atoms with Crippen LogP contribution in [0.25, 0.3) is 0 Å². The number of carbonyl (C=O) groups is 1. The van der Waals surface area contributed by atoms with E-state index in [1.54, 1.807) is 10.9 Å². The first-order valence-corrected chi connectivity index (χ1v) is 9.66. The van der Waals surface area contributed by atoms with Crippen molar-refractivity contribution in [1.29, 1.82) is 0 Å². The number of likely N-dealkylation sites (N-methyl/N-ethyl adjacent to an activating group) is 1. The Labute approximate surface area is 160 Å². The molecule has 1 saturated carbocycles. The summed E-state index contributed by atoms with van der Waals surface area (Å²) in [5, 5.41) is 8.00. The van der Waals surface area contributed by atoms with E-state index in [2.05, 4.69) is 22.2 Å². The quantitative estimate of drug-likeness (QED) is 0.830. The molecule has 1 aliphatic rings. The van der Waals surface area contributed by atoms with Crippen LogP contribution < -0.4 is 5.32 Å². The molecule has 0 atom stereocenters. The second-order valence-electron chi connectivity index (χ2n) is 7.34. The Morgan fingerprint density at radius 2 is 2.00 bits per heavy atom. The van der Waals surface area contributed by atoms with Crippen LogP contribution >= 0.6 is 11.6 Å². The second-order valence-corrected chi connectivity index (χ2v) is 7.75. The molecule has 0 spiro atoms. The lowest BCUT2D eigenvalue weighted by Gasteiger charge is -2.33. The zero-order chi connectivity index (χ0) is 18.5. The van der Waals surface area contributed by atoms with Gasteiger partial charge in [-0.05, 0) is 50.3 Å². The molecule has 6 heteroatoms. The van der Waals surface area contributed by atoms with Gasteiger partial charge >= 0.3 is 0 Å². The van der Waals surface area contributed by atoms with E-state index in [0.29, 0.717) is 30.0 Å². The summed E-state index contributed by atoms with van der Waals surface area (Å²) in [4.78, 5) is 14.7. The second kappa shape index (κ2) is 8.69. The van der Waals surface area contributed by atoms with Crippen LogP contribution in [-0.2, 0) is 11.3 Å². The van der Waals surface area contributed by atoms with Crippen molar-refractivity contribution in [2.45, 2.75) is 45.2 Å². The molecule has 1 aromatic carbocycles. The molecule has 5 nitrogen and oxygen atoms in total. The fraction of sp³-hybridized carbons (Fsp3) is 0.500. The average molecular weight is 375 g/mol. The average Bonchev–Trinajstić information content (AvgIpc) is 3.04. The molecule has 1 aliphatic carbocycles. The van der Waals surface area contributed by atoms with E-state index >= 15 is 0 Å². The van der Waals surface area contributed by atoms with Gasteiger partial charge in [0, 0.05) is 17.1 Å². The summed E-state index contributed by atoms with van der Waals surface area (Å²) >= 11 is 6.23. The summed E-state index contributed by atoms with van der Waals surface area (Å²) in [6.45, 7) is 3.23. The zero-order valence-corrected chi connectivity index (χ0v) is 16.2. The van der Waals surface area contributed by atoms with E-state index in [-0.39, 0.29) is 5.91 Å². The number of hydrogen-bond acceptors (Lipinski definition) is 3. The van der Waals surface area contributed by atoms with Crippen LogP contribution in [-0.4, -0.2) is 40.2 Å². The first kappa shape index (κ1) is 18.9. The normalized spacial score (nSPS) is 20.3. The van der Waals surface area contributed by atoms with Crippen molar-refractivity contribution in [2.75, 3.05) is 18.9 Å². The Morgan fingerprint density at radius 1 is 1.27 bits per heavy atom. The number of amides is 1. The maximum atomic E-state index is 12.5. The summed E-state index contributed by atoms with van der Waals surface area (Å²) in [6, 6.07) is 10.00. The molecule has 26 heavy (non-hydrogen) atoms. The topological polar surface area (TPSA) is 50.2 Å². The molecule has 0 unspecified atom stereocenters. The molecule has 1 heterocycles. The lowest BCUT2D eigenvalue weighted by atomic mass is 9.87. The molecule has 1 amide bonds. The fourth-order valence-corrected chi connectivity index (χ4v) is 3.77.